The van der Waals surface area contributed by atoms with Gasteiger partial charge in [0.2, 0.25) is 0 Å². The standard InChI is InChI=1S/C19H30.Zn/c1-3-5-7-9-11-13-15-17-19-18-16-14-12-10-8-6-4-2;/h1,3,5,7,9,11,13,15,17H,4,6,8,10,12,14,16,18-19H2,2H3;/b5-3+,9-7+,13-11+,17-15+;. The third kappa shape index (κ3) is 17.5. The average molecular weight is 324 g/mol. The van der Waals surface area contributed by atoms with Crippen molar-refractivity contribution in [3.05, 3.63) is 48.6 Å². The van der Waals surface area contributed by atoms with Crippen molar-refractivity contribution in [2.45, 2.75) is 64.7 Å². The molecule has 20 heavy (non-hydrogen) atoms. The van der Waals surface area contributed by atoms with Crippen LogP contribution in [0.3, 0.4) is 0 Å². The molecule has 0 heterocycles. The van der Waals surface area contributed by atoms with Crippen LogP contribution in [0.4, 0.5) is 0 Å². The molecule has 0 saturated carbocycles. The van der Waals surface area contributed by atoms with Crippen molar-refractivity contribution < 1.29 is 17.9 Å². The van der Waals surface area contributed by atoms with Gasteiger partial charge in [0.05, 0.1) is 0 Å². The van der Waals surface area contributed by atoms with Crippen LogP contribution >= 0.6 is 0 Å². The van der Waals surface area contributed by atoms with Crippen LogP contribution in [0.15, 0.2) is 48.6 Å². The van der Waals surface area contributed by atoms with Crippen molar-refractivity contribution in [1.82, 2.24) is 0 Å². The Hall–Kier alpha value is -0.547. The monoisotopic (exact) mass is 322 g/mol. The molecule has 0 aliphatic carbocycles. The summed E-state index contributed by atoms with van der Waals surface area (Å²) in [5.74, 6) is 0. The summed E-state index contributed by atoms with van der Waals surface area (Å²) in [5.41, 5.74) is 0. The fraction of sp³-hybridized carbons (Fsp3) is 0.526. The molecule has 0 spiro atoms. The van der Waals surface area contributed by atoms with E-state index < -0.39 is 0 Å². The van der Waals surface area contributed by atoms with Crippen molar-refractivity contribution >= 4 is 4.61 Å². The Morgan fingerprint density at radius 2 is 1.10 bits per heavy atom. The van der Waals surface area contributed by atoms with Gasteiger partial charge in [-0.25, -0.2) is 0 Å². The third-order valence-electron chi connectivity index (χ3n) is 3.16. The number of rotatable bonds is 13. The van der Waals surface area contributed by atoms with Crippen molar-refractivity contribution in [1.29, 1.82) is 0 Å². The number of allylic oxidation sites excluding steroid dienone is 8. The van der Waals surface area contributed by atoms with Crippen molar-refractivity contribution in [3.8, 4) is 0 Å². The molecule has 0 fully saturated rings. The van der Waals surface area contributed by atoms with Crippen LogP contribution < -0.4 is 0 Å². The second kappa shape index (κ2) is 18.5. The molecule has 0 aliphatic heterocycles. The normalized spacial score (nSPS) is 12.6. The van der Waals surface area contributed by atoms with Crippen LogP contribution in [0.2, 0.25) is 0 Å². The zero-order valence-electron chi connectivity index (χ0n) is 13.3. The van der Waals surface area contributed by atoms with Gasteiger partial charge in [0, 0.05) is 0 Å². The Kier molecular flexibility index (Phi) is 17.9. The summed E-state index contributed by atoms with van der Waals surface area (Å²) in [6.07, 6.45) is 29.3. The summed E-state index contributed by atoms with van der Waals surface area (Å²) < 4.78 is 2.15. The van der Waals surface area contributed by atoms with Gasteiger partial charge in [-0.05, 0) is 0 Å². The average Bonchev–Trinajstić information content (AvgIpc) is 2.47. The van der Waals surface area contributed by atoms with E-state index in [2.05, 4.69) is 60.1 Å². The van der Waals surface area contributed by atoms with E-state index in [0.717, 1.165) is 0 Å². The molecule has 0 N–H and O–H groups in total. The summed E-state index contributed by atoms with van der Waals surface area (Å²) in [4.78, 5) is 0. The summed E-state index contributed by atoms with van der Waals surface area (Å²) in [6, 6.07) is 0. The van der Waals surface area contributed by atoms with Crippen LogP contribution in [-0.2, 0) is 17.9 Å². The Morgan fingerprint density at radius 1 is 0.600 bits per heavy atom. The molecule has 1 heteroatoms. The van der Waals surface area contributed by atoms with Crippen molar-refractivity contribution in [2.24, 2.45) is 0 Å². The van der Waals surface area contributed by atoms with E-state index in [9.17, 15) is 0 Å². The molecule has 0 atom stereocenters. The van der Waals surface area contributed by atoms with E-state index in [1.165, 1.54) is 75.6 Å². The molecule has 0 amide bonds. The first-order valence-electron chi connectivity index (χ1n) is 8.19. The predicted octanol–water partition coefficient (Wildman–Crippen LogP) is 6.09. The Labute approximate surface area is 135 Å². The van der Waals surface area contributed by atoms with Gasteiger partial charge in [0.25, 0.3) is 0 Å². The molecule has 0 aliphatic rings. The van der Waals surface area contributed by atoms with Gasteiger partial charge in [-0.15, -0.1) is 0 Å². The fourth-order valence-electron chi connectivity index (χ4n) is 1.97. The fourth-order valence-corrected chi connectivity index (χ4v) is 2.30. The maximum absolute atomic E-state index is 2.28. The second-order valence-corrected chi connectivity index (χ2v) is 6.07. The minimum atomic E-state index is 1.22. The topological polar surface area (TPSA) is 0 Å². The van der Waals surface area contributed by atoms with Crippen molar-refractivity contribution in [2.75, 3.05) is 0 Å². The Bertz CT molecular complexity index is 308. The van der Waals surface area contributed by atoms with E-state index in [1.54, 1.807) is 0 Å². The summed E-state index contributed by atoms with van der Waals surface area (Å²) in [7, 11) is 0. The first-order chi connectivity index (χ1) is 9.91. The zero-order chi connectivity index (χ0) is 14.7. The zero-order valence-corrected chi connectivity index (χ0v) is 16.2. The molecule has 0 radical (unpaired) electrons. The molecule has 0 unspecified atom stereocenters. The van der Waals surface area contributed by atoms with Gasteiger partial charge >= 0.3 is 90.3 Å². The van der Waals surface area contributed by atoms with Gasteiger partial charge in [-0.1, -0.05) is 45.4 Å². The Balaban J connectivity index is 3.31. The van der Waals surface area contributed by atoms with Gasteiger partial charge in [-0.2, -0.15) is 0 Å². The van der Waals surface area contributed by atoms with Crippen LogP contribution in [0.5, 0.6) is 0 Å². The van der Waals surface area contributed by atoms with Gasteiger partial charge in [0.1, 0.15) is 0 Å². The molecule has 0 nitrogen and oxygen atoms in total. The molecular weight excluding hydrogens is 294 g/mol. The molecule has 0 rings (SSSR count). The van der Waals surface area contributed by atoms with Crippen LogP contribution in [0.1, 0.15) is 64.7 Å². The third-order valence-corrected chi connectivity index (χ3v) is 3.73. The molecule has 0 aromatic rings. The number of hydrogen-bond donors (Lipinski definition) is 0. The number of unbranched alkanes of at least 4 members (excludes halogenated alkanes) is 8. The second-order valence-electron chi connectivity index (χ2n) is 5.08. The van der Waals surface area contributed by atoms with Crippen molar-refractivity contribution in [3.63, 3.8) is 0 Å². The number of hydrogen-bond acceptors (Lipinski definition) is 0. The molecule has 108 valence electrons. The van der Waals surface area contributed by atoms with E-state index in [0.29, 0.717) is 0 Å². The van der Waals surface area contributed by atoms with E-state index in [-0.39, 0.29) is 0 Å². The summed E-state index contributed by atoms with van der Waals surface area (Å²) >= 11 is 1.22. The minimum absolute atomic E-state index is 1.22. The van der Waals surface area contributed by atoms with Crippen LogP contribution in [-0.4, -0.2) is 4.61 Å². The molecule has 0 saturated heterocycles. The summed E-state index contributed by atoms with van der Waals surface area (Å²) in [6.45, 7) is 2.28. The van der Waals surface area contributed by atoms with Gasteiger partial charge < -0.3 is 0 Å². The predicted molar refractivity (Wildman–Crippen MR) is 89.9 cm³/mol. The van der Waals surface area contributed by atoms with Crippen LogP contribution in [0.25, 0.3) is 0 Å². The Morgan fingerprint density at radius 3 is 1.70 bits per heavy atom. The first kappa shape index (κ1) is 19.5. The van der Waals surface area contributed by atoms with Crippen LogP contribution in [0, 0.1) is 0 Å². The van der Waals surface area contributed by atoms with E-state index in [4.69, 9.17) is 0 Å². The van der Waals surface area contributed by atoms with E-state index >= 15 is 0 Å². The maximum atomic E-state index is 2.28. The quantitative estimate of drug-likeness (QED) is 0.218. The first-order valence-corrected chi connectivity index (χ1v) is 9.90. The molecule has 0 aromatic heterocycles. The van der Waals surface area contributed by atoms with Gasteiger partial charge in [0.15, 0.2) is 0 Å². The molecular formula is C19H30Zn. The SMILES string of the molecule is CCCCCCCCCC/C=C/C=C/C=C/C=C/[CH]=[Zn]. The van der Waals surface area contributed by atoms with Gasteiger partial charge in [-0.3, -0.25) is 0 Å². The molecule has 0 bridgehead atoms. The van der Waals surface area contributed by atoms with E-state index in [1.807, 2.05) is 0 Å². The molecule has 0 aromatic carbocycles. The summed E-state index contributed by atoms with van der Waals surface area (Å²) in [5, 5.41) is 0.